The molecule has 5 heteroatoms. The van der Waals surface area contributed by atoms with E-state index in [0.29, 0.717) is 17.2 Å². The van der Waals surface area contributed by atoms with Gasteiger partial charge in [-0.2, -0.15) is 0 Å². The van der Waals surface area contributed by atoms with Gasteiger partial charge >= 0.3 is 0 Å². The van der Waals surface area contributed by atoms with Crippen molar-refractivity contribution in [3.8, 4) is 11.5 Å². The summed E-state index contributed by atoms with van der Waals surface area (Å²) in [6.45, 7) is -0.168. The second-order valence-electron chi connectivity index (χ2n) is 3.09. The van der Waals surface area contributed by atoms with E-state index >= 15 is 0 Å². The Kier molecular flexibility index (Phi) is 4.60. The summed E-state index contributed by atoms with van der Waals surface area (Å²) in [5.74, 6) is 0.904. The molecule has 2 N–H and O–H groups in total. The van der Waals surface area contributed by atoms with Gasteiger partial charge in [-0.1, -0.05) is 0 Å². The lowest BCUT2D eigenvalue weighted by molar-refractivity contribution is -0.116. The normalized spacial score (nSPS) is 9.69. The Hall–Kier alpha value is -1.75. The fourth-order valence-corrected chi connectivity index (χ4v) is 1.24. The van der Waals surface area contributed by atoms with Gasteiger partial charge in [-0.3, -0.25) is 4.79 Å². The molecule has 0 spiro atoms. The molecular formula is C11H15NO4. The second-order valence-corrected chi connectivity index (χ2v) is 3.09. The van der Waals surface area contributed by atoms with E-state index in [2.05, 4.69) is 5.32 Å². The topological polar surface area (TPSA) is 67.8 Å². The summed E-state index contributed by atoms with van der Waals surface area (Å²) in [7, 11) is 3.07. The van der Waals surface area contributed by atoms with Gasteiger partial charge in [0.05, 0.1) is 27.2 Å². The van der Waals surface area contributed by atoms with Crippen molar-refractivity contribution in [2.24, 2.45) is 0 Å². The zero-order chi connectivity index (χ0) is 12.0. The van der Waals surface area contributed by atoms with E-state index in [0.717, 1.165) is 0 Å². The van der Waals surface area contributed by atoms with Gasteiger partial charge in [0, 0.05) is 11.8 Å². The van der Waals surface area contributed by atoms with Gasteiger partial charge < -0.3 is 19.9 Å². The summed E-state index contributed by atoms with van der Waals surface area (Å²) in [5, 5.41) is 11.2. The SMILES string of the molecule is COc1ccc(NC(=O)CCO)cc1OC. The van der Waals surface area contributed by atoms with Crippen LogP contribution in [0.3, 0.4) is 0 Å². The highest BCUT2D eigenvalue weighted by atomic mass is 16.5. The lowest BCUT2D eigenvalue weighted by atomic mass is 10.2. The predicted molar refractivity (Wildman–Crippen MR) is 59.9 cm³/mol. The number of aliphatic hydroxyl groups is 1. The number of hydrogen-bond donors (Lipinski definition) is 2. The summed E-state index contributed by atoms with van der Waals surface area (Å²) in [5.41, 5.74) is 0.608. The molecule has 16 heavy (non-hydrogen) atoms. The predicted octanol–water partition coefficient (Wildman–Crippen LogP) is 1.02. The van der Waals surface area contributed by atoms with Crippen molar-refractivity contribution in [1.82, 2.24) is 0 Å². The standard InChI is InChI=1S/C11H15NO4/c1-15-9-4-3-8(7-10(9)16-2)12-11(14)5-6-13/h3-4,7,13H,5-6H2,1-2H3,(H,12,14). The number of aliphatic hydroxyl groups excluding tert-OH is 1. The molecule has 0 aliphatic carbocycles. The fourth-order valence-electron chi connectivity index (χ4n) is 1.24. The fraction of sp³-hybridized carbons (Fsp3) is 0.364. The first-order valence-corrected chi connectivity index (χ1v) is 4.84. The molecule has 0 saturated carbocycles. The smallest absolute Gasteiger partial charge is 0.226 e. The summed E-state index contributed by atoms with van der Waals surface area (Å²) in [6.07, 6.45) is 0.0777. The molecule has 0 saturated heterocycles. The van der Waals surface area contributed by atoms with Crippen molar-refractivity contribution in [2.45, 2.75) is 6.42 Å². The number of benzene rings is 1. The third-order valence-electron chi connectivity index (χ3n) is 2.01. The van der Waals surface area contributed by atoms with Crippen LogP contribution in [0.15, 0.2) is 18.2 Å². The number of amides is 1. The van der Waals surface area contributed by atoms with Gasteiger partial charge in [0.1, 0.15) is 0 Å². The maximum Gasteiger partial charge on any atom is 0.226 e. The number of nitrogens with one attached hydrogen (secondary N) is 1. The monoisotopic (exact) mass is 225 g/mol. The van der Waals surface area contributed by atoms with Crippen LogP contribution in [0.5, 0.6) is 11.5 Å². The zero-order valence-corrected chi connectivity index (χ0v) is 9.32. The summed E-state index contributed by atoms with van der Waals surface area (Å²) >= 11 is 0. The molecule has 0 radical (unpaired) electrons. The number of anilines is 1. The highest BCUT2D eigenvalue weighted by molar-refractivity contribution is 5.91. The van der Waals surface area contributed by atoms with Crippen LogP contribution in [0.4, 0.5) is 5.69 Å². The van der Waals surface area contributed by atoms with Crippen LogP contribution < -0.4 is 14.8 Å². The van der Waals surface area contributed by atoms with Crippen molar-refractivity contribution in [1.29, 1.82) is 0 Å². The van der Waals surface area contributed by atoms with E-state index < -0.39 is 0 Å². The number of hydrogen-bond acceptors (Lipinski definition) is 4. The molecule has 0 fully saturated rings. The van der Waals surface area contributed by atoms with Gasteiger partial charge in [0.25, 0.3) is 0 Å². The number of ether oxygens (including phenoxy) is 2. The molecule has 5 nitrogen and oxygen atoms in total. The minimum Gasteiger partial charge on any atom is -0.493 e. The molecule has 88 valence electrons. The molecule has 0 aromatic heterocycles. The first-order valence-electron chi connectivity index (χ1n) is 4.84. The largest absolute Gasteiger partial charge is 0.493 e. The Morgan fingerprint density at radius 2 is 2.00 bits per heavy atom. The molecule has 0 aliphatic rings. The molecular weight excluding hydrogens is 210 g/mol. The third-order valence-corrected chi connectivity index (χ3v) is 2.01. The molecule has 1 aromatic carbocycles. The lowest BCUT2D eigenvalue weighted by Gasteiger charge is -2.10. The second kappa shape index (κ2) is 5.97. The van der Waals surface area contributed by atoms with Crippen molar-refractivity contribution in [2.75, 3.05) is 26.1 Å². The van der Waals surface area contributed by atoms with Crippen LogP contribution >= 0.6 is 0 Å². The average molecular weight is 225 g/mol. The molecule has 1 amide bonds. The minimum atomic E-state index is -0.241. The molecule has 0 heterocycles. The molecule has 0 aliphatic heterocycles. The van der Waals surface area contributed by atoms with Gasteiger partial charge in [-0.15, -0.1) is 0 Å². The van der Waals surface area contributed by atoms with E-state index in [1.807, 2.05) is 0 Å². The van der Waals surface area contributed by atoms with E-state index in [9.17, 15) is 4.79 Å². The summed E-state index contributed by atoms with van der Waals surface area (Å²) in [4.78, 5) is 11.2. The van der Waals surface area contributed by atoms with Gasteiger partial charge in [0.2, 0.25) is 5.91 Å². The molecule has 0 unspecified atom stereocenters. The Labute approximate surface area is 94.0 Å². The first-order chi connectivity index (χ1) is 7.71. The van der Waals surface area contributed by atoms with Crippen molar-refractivity contribution >= 4 is 11.6 Å². The average Bonchev–Trinajstić information content (AvgIpc) is 2.29. The van der Waals surface area contributed by atoms with Crippen molar-refractivity contribution in [3.63, 3.8) is 0 Å². The van der Waals surface area contributed by atoms with Gasteiger partial charge in [-0.25, -0.2) is 0 Å². The third kappa shape index (κ3) is 3.13. The highest BCUT2D eigenvalue weighted by Crippen LogP contribution is 2.29. The highest BCUT2D eigenvalue weighted by Gasteiger charge is 2.06. The lowest BCUT2D eigenvalue weighted by Crippen LogP contribution is -2.12. The maximum absolute atomic E-state index is 11.2. The van der Waals surface area contributed by atoms with Crippen LogP contribution in [0.25, 0.3) is 0 Å². The molecule has 1 rings (SSSR count). The van der Waals surface area contributed by atoms with Crippen LogP contribution in [0.2, 0.25) is 0 Å². The quantitative estimate of drug-likeness (QED) is 0.785. The number of carbonyl (C=O) groups excluding carboxylic acids is 1. The maximum atomic E-state index is 11.2. The van der Waals surface area contributed by atoms with E-state index in [-0.39, 0.29) is 18.9 Å². The van der Waals surface area contributed by atoms with Gasteiger partial charge in [0.15, 0.2) is 11.5 Å². The van der Waals surface area contributed by atoms with E-state index in [4.69, 9.17) is 14.6 Å². The number of carbonyl (C=O) groups is 1. The van der Waals surface area contributed by atoms with E-state index in [1.165, 1.54) is 7.11 Å². The summed E-state index contributed by atoms with van der Waals surface area (Å²) < 4.78 is 10.2. The Morgan fingerprint density at radius 1 is 1.31 bits per heavy atom. The van der Waals surface area contributed by atoms with E-state index in [1.54, 1.807) is 25.3 Å². The van der Waals surface area contributed by atoms with Crippen LogP contribution in [-0.2, 0) is 4.79 Å². The molecule has 0 bridgehead atoms. The van der Waals surface area contributed by atoms with Crippen LogP contribution in [0, 0.1) is 0 Å². The first kappa shape index (κ1) is 12.3. The van der Waals surface area contributed by atoms with Crippen molar-refractivity contribution in [3.05, 3.63) is 18.2 Å². The Morgan fingerprint density at radius 3 is 2.56 bits per heavy atom. The number of methoxy groups -OCH3 is 2. The Balaban J connectivity index is 2.78. The minimum absolute atomic E-state index is 0.0777. The Bertz CT molecular complexity index is 365. The summed E-state index contributed by atoms with van der Waals surface area (Å²) in [6, 6.07) is 5.07. The zero-order valence-electron chi connectivity index (χ0n) is 9.32. The van der Waals surface area contributed by atoms with Crippen LogP contribution in [-0.4, -0.2) is 31.8 Å². The number of rotatable bonds is 5. The molecule has 1 aromatic rings. The van der Waals surface area contributed by atoms with Crippen LogP contribution in [0.1, 0.15) is 6.42 Å². The van der Waals surface area contributed by atoms with Gasteiger partial charge in [-0.05, 0) is 12.1 Å². The van der Waals surface area contributed by atoms with Crippen molar-refractivity contribution < 1.29 is 19.4 Å². The molecule has 0 atom stereocenters.